The van der Waals surface area contributed by atoms with Gasteiger partial charge in [-0.05, 0) is 37.6 Å². The molecule has 0 saturated carbocycles. The van der Waals surface area contributed by atoms with E-state index < -0.39 is 5.97 Å². The van der Waals surface area contributed by atoms with Gasteiger partial charge >= 0.3 is 11.9 Å². The van der Waals surface area contributed by atoms with Crippen LogP contribution in [0.3, 0.4) is 0 Å². The first-order chi connectivity index (χ1) is 18.8. The summed E-state index contributed by atoms with van der Waals surface area (Å²) in [6.07, 6.45) is 6.33. The average molecular weight is 541 g/mol. The smallest absolute Gasteiger partial charge is 0.330 e. The zero-order valence-electron chi connectivity index (χ0n) is 23.6. The Kier molecular flexibility index (Phi) is 17.2. The van der Waals surface area contributed by atoms with Gasteiger partial charge in [0.05, 0.1) is 6.61 Å². The van der Waals surface area contributed by atoms with Gasteiger partial charge in [0, 0.05) is 45.0 Å². The predicted molar refractivity (Wildman–Crippen MR) is 150 cm³/mol. The lowest BCUT2D eigenvalue weighted by atomic mass is 10.1. The number of rotatable bonds is 12. The highest BCUT2D eigenvalue weighted by Gasteiger charge is 2.11. The number of aromatic nitrogens is 2. The standard InChI is InChI=1S/C17H14N2O3.C7H16O.C6H10O3/c1-11-3-5-13(6-4-11)16-18-17(22-19-16)14-7-9-15(10-8-14)21-12(2)20;1-3-4-5-6-7-8-2;1-3-6(7)9-5-4-8-2/h3-10H,1-2H3;3-7H2,1-2H3;3H,1,4-5H2,2H3. The molecule has 0 unspecified atom stereocenters. The van der Waals surface area contributed by atoms with Crippen LogP contribution in [0.1, 0.15) is 45.1 Å². The van der Waals surface area contributed by atoms with Gasteiger partial charge < -0.3 is 23.5 Å². The Balaban J connectivity index is 0.000000371. The summed E-state index contributed by atoms with van der Waals surface area (Å²) in [7, 11) is 3.30. The van der Waals surface area contributed by atoms with E-state index in [-0.39, 0.29) is 5.97 Å². The van der Waals surface area contributed by atoms with Crippen LogP contribution in [0.25, 0.3) is 22.8 Å². The van der Waals surface area contributed by atoms with Crippen molar-refractivity contribution in [3.8, 4) is 28.6 Å². The van der Waals surface area contributed by atoms with Crippen LogP contribution < -0.4 is 4.74 Å². The summed E-state index contributed by atoms with van der Waals surface area (Å²) < 4.78 is 24.3. The van der Waals surface area contributed by atoms with E-state index >= 15 is 0 Å². The molecule has 0 amide bonds. The molecule has 0 N–H and O–H groups in total. The van der Waals surface area contributed by atoms with Crippen molar-refractivity contribution < 1.29 is 33.1 Å². The highest BCUT2D eigenvalue weighted by molar-refractivity contribution is 5.81. The number of aryl methyl sites for hydroxylation is 1. The van der Waals surface area contributed by atoms with Crippen molar-refractivity contribution in [2.24, 2.45) is 0 Å². The fraction of sp³-hybridized carbons (Fsp3) is 0.400. The maximum Gasteiger partial charge on any atom is 0.330 e. The van der Waals surface area contributed by atoms with Crippen LogP contribution in [-0.4, -0.2) is 56.1 Å². The molecule has 39 heavy (non-hydrogen) atoms. The number of hydrogen-bond acceptors (Lipinski definition) is 9. The van der Waals surface area contributed by atoms with Gasteiger partial charge in [-0.25, -0.2) is 4.79 Å². The topological polar surface area (TPSA) is 110 Å². The quantitative estimate of drug-likeness (QED) is 0.115. The maximum absolute atomic E-state index is 10.9. The van der Waals surface area contributed by atoms with E-state index in [1.807, 2.05) is 31.2 Å². The number of unbranched alkanes of at least 4 members (excludes halogenated alkanes) is 3. The monoisotopic (exact) mass is 540 g/mol. The number of benzene rings is 2. The van der Waals surface area contributed by atoms with Gasteiger partial charge in [0.1, 0.15) is 12.4 Å². The molecule has 9 nitrogen and oxygen atoms in total. The van der Waals surface area contributed by atoms with Gasteiger partial charge in [-0.1, -0.05) is 67.8 Å². The molecular weight excluding hydrogens is 500 g/mol. The predicted octanol–water partition coefficient (Wildman–Crippen LogP) is 6.21. The number of ether oxygens (including phenoxy) is 4. The minimum absolute atomic E-state index is 0.293. The van der Waals surface area contributed by atoms with Gasteiger partial charge in [-0.15, -0.1) is 0 Å². The van der Waals surface area contributed by atoms with E-state index in [1.54, 1.807) is 38.5 Å². The molecule has 1 heterocycles. The van der Waals surface area contributed by atoms with E-state index in [4.69, 9.17) is 14.0 Å². The lowest BCUT2D eigenvalue weighted by Gasteiger charge is -2.00. The van der Waals surface area contributed by atoms with E-state index in [0.29, 0.717) is 30.7 Å². The Labute approximate surface area is 231 Å². The second-order valence-electron chi connectivity index (χ2n) is 8.33. The fourth-order valence-corrected chi connectivity index (χ4v) is 2.95. The van der Waals surface area contributed by atoms with Crippen molar-refractivity contribution >= 4 is 11.9 Å². The molecule has 3 rings (SSSR count). The van der Waals surface area contributed by atoms with Crippen molar-refractivity contribution in [2.75, 3.05) is 34.0 Å². The van der Waals surface area contributed by atoms with Crippen LogP contribution in [0.5, 0.6) is 5.75 Å². The van der Waals surface area contributed by atoms with Crippen molar-refractivity contribution in [1.82, 2.24) is 10.1 Å². The molecule has 212 valence electrons. The third-order valence-corrected chi connectivity index (χ3v) is 5.00. The Morgan fingerprint density at radius 3 is 2.10 bits per heavy atom. The van der Waals surface area contributed by atoms with Crippen LogP contribution in [0.4, 0.5) is 0 Å². The highest BCUT2D eigenvalue weighted by Crippen LogP contribution is 2.24. The molecule has 2 aromatic carbocycles. The van der Waals surface area contributed by atoms with Crippen LogP contribution in [0.15, 0.2) is 65.7 Å². The van der Waals surface area contributed by atoms with Crippen LogP contribution in [0, 0.1) is 6.92 Å². The third-order valence-electron chi connectivity index (χ3n) is 5.00. The minimum atomic E-state index is -0.410. The Bertz CT molecular complexity index is 1090. The number of esters is 2. The lowest BCUT2D eigenvalue weighted by molar-refractivity contribution is -0.139. The zero-order chi connectivity index (χ0) is 28.9. The summed E-state index contributed by atoms with van der Waals surface area (Å²) in [6, 6.07) is 14.8. The van der Waals surface area contributed by atoms with E-state index in [9.17, 15) is 9.59 Å². The van der Waals surface area contributed by atoms with Gasteiger partial charge in [-0.3, -0.25) is 4.79 Å². The first-order valence-electron chi connectivity index (χ1n) is 12.8. The van der Waals surface area contributed by atoms with Crippen molar-refractivity contribution in [2.45, 2.75) is 46.5 Å². The summed E-state index contributed by atoms with van der Waals surface area (Å²) >= 11 is 0. The second-order valence-corrected chi connectivity index (χ2v) is 8.33. The summed E-state index contributed by atoms with van der Waals surface area (Å²) in [5, 5.41) is 3.99. The molecule has 3 aromatic rings. The molecule has 0 spiro atoms. The molecular formula is C30H40N2O7. The summed E-state index contributed by atoms with van der Waals surface area (Å²) in [4.78, 5) is 25.6. The second kappa shape index (κ2) is 20.2. The molecule has 0 fully saturated rings. The Hall–Kier alpha value is -3.82. The van der Waals surface area contributed by atoms with Crippen molar-refractivity contribution in [3.63, 3.8) is 0 Å². The lowest BCUT2D eigenvalue weighted by Crippen LogP contribution is -2.06. The van der Waals surface area contributed by atoms with Crippen LogP contribution >= 0.6 is 0 Å². The van der Waals surface area contributed by atoms with Crippen molar-refractivity contribution in [3.05, 3.63) is 66.7 Å². The molecule has 1 aromatic heterocycles. The first kappa shape index (κ1) is 33.2. The summed E-state index contributed by atoms with van der Waals surface area (Å²) in [5.74, 6) is 0.679. The summed E-state index contributed by atoms with van der Waals surface area (Å²) in [6.45, 7) is 10.5. The SMILES string of the molecule is C=CC(=O)OCCOC.CC(=O)Oc1ccc(-c2nc(-c3ccc(C)cc3)no2)cc1.CCCCCCOC. The van der Waals surface area contributed by atoms with Crippen LogP contribution in [0.2, 0.25) is 0 Å². The molecule has 0 aliphatic heterocycles. The number of carbonyl (C=O) groups is 2. The van der Waals surface area contributed by atoms with E-state index in [1.165, 1.54) is 38.2 Å². The zero-order valence-corrected chi connectivity index (χ0v) is 23.6. The minimum Gasteiger partial charge on any atom is -0.460 e. The molecule has 0 aliphatic rings. The normalized spacial score (nSPS) is 9.87. The highest BCUT2D eigenvalue weighted by atomic mass is 16.6. The molecule has 0 radical (unpaired) electrons. The molecule has 0 saturated heterocycles. The number of methoxy groups -OCH3 is 2. The molecule has 0 aliphatic carbocycles. The van der Waals surface area contributed by atoms with Crippen LogP contribution in [-0.2, 0) is 23.8 Å². The molecule has 0 bridgehead atoms. The largest absolute Gasteiger partial charge is 0.460 e. The molecule has 9 heteroatoms. The number of nitrogens with zero attached hydrogens (tertiary/aromatic N) is 2. The Morgan fingerprint density at radius 2 is 1.54 bits per heavy atom. The molecule has 0 atom stereocenters. The Morgan fingerprint density at radius 1 is 0.897 bits per heavy atom. The first-order valence-corrected chi connectivity index (χ1v) is 12.8. The van der Waals surface area contributed by atoms with Gasteiger partial charge in [0.2, 0.25) is 5.82 Å². The van der Waals surface area contributed by atoms with Gasteiger partial charge in [0.15, 0.2) is 0 Å². The van der Waals surface area contributed by atoms with E-state index in [2.05, 4.69) is 33.1 Å². The number of hydrogen-bond donors (Lipinski definition) is 0. The number of carbonyl (C=O) groups excluding carboxylic acids is 2. The van der Waals surface area contributed by atoms with Crippen molar-refractivity contribution in [1.29, 1.82) is 0 Å². The fourth-order valence-electron chi connectivity index (χ4n) is 2.95. The van der Waals surface area contributed by atoms with E-state index in [0.717, 1.165) is 23.8 Å². The summed E-state index contributed by atoms with van der Waals surface area (Å²) in [5.41, 5.74) is 2.84. The average Bonchev–Trinajstić information content (AvgIpc) is 3.43. The van der Waals surface area contributed by atoms with Gasteiger partial charge in [-0.2, -0.15) is 4.98 Å². The maximum atomic E-state index is 10.9. The third kappa shape index (κ3) is 14.6. The van der Waals surface area contributed by atoms with Gasteiger partial charge in [0.25, 0.3) is 5.89 Å².